The van der Waals surface area contributed by atoms with Crippen LogP contribution in [0.4, 0.5) is 0 Å². The molecule has 0 radical (unpaired) electrons. The van der Waals surface area contributed by atoms with Gasteiger partial charge in [0.15, 0.2) is 0 Å². The highest BCUT2D eigenvalue weighted by atomic mass is 16.2. The van der Waals surface area contributed by atoms with Gasteiger partial charge in [-0.15, -0.1) is 0 Å². The second-order valence-corrected chi connectivity index (χ2v) is 5.02. The Morgan fingerprint density at radius 2 is 1.26 bits per heavy atom. The first-order valence-corrected chi connectivity index (χ1v) is 6.82. The summed E-state index contributed by atoms with van der Waals surface area (Å²) >= 11 is 0. The van der Waals surface area contributed by atoms with E-state index in [1.165, 1.54) is 32.7 Å². The molecular formula is C18H18O. The van der Waals surface area contributed by atoms with Crippen molar-refractivity contribution in [3.8, 4) is 0 Å². The molecule has 0 bridgehead atoms. The molecule has 3 rings (SSSR count). The number of aryl methyl sites for hydroxylation is 2. The highest BCUT2D eigenvalue weighted by Gasteiger charge is 2.10. The van der Waals surface area contributed by atoms with E-state index >= 15 is 0 Å². The summed E-state index contributed by atoms with van der Waals surface area (Å²) in [4.78, 5) is 0. The van der Waals surface area contributed by atoms with Crippen molar-refractivity contribution in [2.24, 2.45) is 0 Å². The molecule has 0 unspecified atom stereocenters. The minimum Gasteiger partial charge on any atom is -0.396 e. The van der Waals surface area contributed by atoms with E-state index in [4.69, 9.17) is 5.11 Å². The lowest BCUT2D eigenvalue weighted by molar-refractivity contribution is 0.289. The van der Waals surface area contributed by atoms with E-state index in [-0.39, 0.29) is 6.61 Å². The number of benzene rings is 3. The predicted octanol–water partition coefficient (Wildman–Crippen LogP) is 4.23. The molecule has 96 valence electrons. The van der Waals surface area contributed by atoms with Crippen LogP contribution in [0.15, 0.2) is 48.5 Å². The molecule has 1 nitrogen and oxygen atoms in total. The van der Waals surface area contributed by atoms with Crippen LogP contribution in [0.3, 0.4) is 0 Å². The van der Waals surface area contributed by atoms with Crippen molar-refractivity contribution in [2.75, 3.05) is 6.61 Å². The first kappa shape index (κ1) is 12.2. The SMILES string of the molecule is Cc1c2ccccc2c(CCCO)c2ccccc12. The van der Waals surface area contributed by atoms with Crippen molar-refractivity contribution in [3.05, 3.63) is 59.7 Å². The Balaban J connectivity index is 2.42. The van der Waals surface area contributed by atoms with E-state index in [1.54, 1.807) is 0 Å². The Morgan fingerprint density at radius 3 is 1.74 bits per heavy atom. The average molecular weight is 250 g/mol. The third kappa shape index (κ3) is 2.00. The Bertz CT molecular complexity index is 671. The molecule has 19 heavy (non-hydrogen) atoms. The fraction of sp³-hybridized carbons (Fsp3) is 0.222. The maximum atomic E-state index is 9.13. The molecule has 0 saturated heterocycles. The zero-order valence-electron chi connectivity index (χ0n) is 11.2. The van der Waals surface area contributed by atoms with Crippen molar-refractivity contribution in [3.63, 3.8) is 0 Å². The fourth-order valence-corrected chi connectivity index (χ4v) is 2.96. The average Bonchev–Trinajstić information content (AvgIpc) is 2.47. The van der Waals surface area contributed by atoms with E-state index in [0.29, 0.717) is 0 Å². The van der Waals surface area contributed by atoms with Gasteiger partial charge in [-0.05, 0) is 52.4 Å². The zero-order chi connectivity index (χ0) is 13.2. The Morgan fingerprint density at radius 1 is 0.789 bits per heavy atom. The van der Waals surface area contributed by atoms with Gasteiger partial charge >= 0.3 is 0 Å². The molecule has 0 aromatic heterocycles. The standard InChI is InChI=1S/C18H18O/c1-13-14-7-2-4-9-16(14)18(11-6-12-19)17-10-5-3-8-15(13)17/h2-5,7-10,19H,6,11-12H2,1H3. The Labute approximate surface area is 113 Å². The van der Waals surface area contributed by atoms with Gasteiger partial charge in [-0.2, -0.15) is 0 Å². The summed E-state index contributed by atoms with van der Waals surface area (Å²) in [6, 6.07) is 17.2. The van der Waals surface area contributed by atoms with E-state index in [0.717, 1.165) is 12.8 Å². The fourth-order valence-electron chi connectivity index (χ4n) is 2.96. The van der Waals surface area contributed by atoms with Crippen molar-refractivity contribution in [2.45, 2.75) is 19.8 Å². The van der Waals surface area contributed by atoms with Crippen LogP contribution in [-0.4, -0.2) is 11.7 Å². The van der Waals surface area contributed by atoms with Gasteiger partial charge in [-0.25, -0.2) is 0 Å². The van der Waals surface area contributed by atoms with E-state index in [1.807, 2.05) is 0 Å². The van der Waals surface area contributed by atoms with Crippen LogP contribution in [0.1, 0.15) is 17.5 Å². The highest BCUT2D eigenvalue weighted by Crippen LogP contribution is 2.32. The maximum Gasteiger partial charge on any atom is 0.0434 e. The summed E-state index contributed by atoms with van der Waals surface area (Å²) in [7, 11) is 0. The molecular weight excluding hydrogens is 232 g/mol. The first-order chi connectivity index (χ1) is 9.33. The molecule has 0 atom stereocenters. The number of hydrogen-bond donors (Lipinski definition) is 1. The minimum atomic E-state index is 0.247. The van der Waals surface area contributed by atoms with Crippen LogP contribution in [0, 0.1) is 6.92 Å². The molecule has 0 spiro atoms. The lowest BCUT2D eigenvalue weighted by Gasteiger charge is -2.14. The van der Waals surface area contributed by atoms with Crippen molar-refractivity contribution < 1.29 is 5.11 Å². The minimum absolute atomic E-state index is 0.247. The zero-order valence-corrected chi connectivity index (χ0v) is 11.2. The maximum absolute atomic E-state index is 9.13. The molecule has 0 heterocycles. The summed E-state index contributed by atoms with van der Waals surface area (Å²) in [5, 5.41) is 14.4. The molecule has 1 N–H and O–H groups in total. The first-order valence-electron chi connectivity index (χ1n) is 6.82. The van der Waals surface area contributed by atoms with Gasteiger partial charge < -0.3 is 5.11 Å². The summed E-state index contributed by atoms with van der Waals surface area (Å²) in [5.74, 6) is 0. The number of hydrogen-bond acceptors (Lipinski definition) is 1. The van der Waals surface area contributed by atoms with Crippen LogP contribution >= 0.6 is 0 Å². The molecule has 3 aromatic rings. The summed E-state index contributed by atoms with van der Waals surface area (Å²) in [5.41, 5.74) is 2.71. The predicted molar refractivity (Wildman–Crippen MR) is 81.6 cm³/mol. The lowest BCUT2D eigenvalue weighted by Crippen LogP contribution is -1.95. The van der Waals surface area contributed by atoms with Crippen LogP contribution < -0.4 is 0 Å². The molecule has 0 amide bonds. The molecule has 0 aliphatic rings. The summed E-state index contributed by atoms with van der Waals surface area (Å²) < 4.78 is 0. The number of fused-ring (bicyclic) bond motifs is 2. The molecule has 3 aromatic carbocycles. The van der Waals surface area contributed by atoms with Crippen LogP contribution in [0.2, 0.25) is 0 Å². The second kappa shape index (κ2) is 5.02. The summed E-state index contributed by atoms with van der Waals surface area (Å²) in [6.07, 6.45) is 1.74. The number of aliphatic hydroxyl groups excluding tert-OH is 1. The summed E-state index contributed by atoms with van der Waals surface area (Å²) in [6.45, 7) is 2.44. The van der Waals surface area contributed by atoms with Gasteiger partial charge in [0.25, 0.3) is 0 Å². The monoisotopic (exact) mass is 250 g/mol. The van der Waals surface area contributed by atoms with E-state index in [9.17, 15) is 0 Å². The quantitative estimate of drug-likeness (QED) is 0.690. The van der Waals surface area contributed by atoms with E-state index in [2.05, 4.69) is 55.5 Å². The smallest absolute Gasteiger partial charge is 0.0434 e. The number of rotatable bonds is 3. The molecule has 1 heteroatoms. The Kier molecular flexibility index (Phi) is 3.22. The topological polar surface area (TPSA) is 20.2 Å². The van der Waals surface area contributed by atoms with Gasteiger partial charge in [0.05, 0.1) is 0 Å². The normalized spacial score (nSPS) is 11.3. The van der Waals surface area contributed by atoms with Crippen molar-refractivity contribution in [1.29, 1.82) is 0 Å². The number of aliphatic hydroxyl groups is 1. The highest BCUT2D eigenvalue weighted by molar-refractivity contribution is 6.05. The van der Waals surface area contributed by atoms with Crippen LogP contribution in [0.25, 0.3) is 21.5 Å². The van der Waals surface area contributed by atoms with Crippen LogP contribution in [0.5, 0.6) is 0 Å². The van der Waals surface area contributed by atoms with Gasteiger partial charge in [-0.1, -0.05) is 48.5 Å². The molecule has 0 aliphatic carbocycles. The largest absolute Gasteiger partial charge is 0.396 e. The van der Waals surface area contributed by atoms with E-state index < -0.39 is 0 Å². The molecule has 0 aliphatic heterocycles. The van der Waals surface area contributed by atoms with Gasteiger partial charge in [-0.3, -0.25) is 0 Å². The van der Waals surface area contributed by atoms with Crippen LogP contribution in [-0.2, 0) is 6.42 Å². The molecule has 0 saturated carbocycles. The third-order valence-corrected chi connectivity index (χ3v) is 3.90. The van der Waals surface area contributed by atoms with Gasteiger partial charge in [0.1, 0.15) is 0 Å². The van der Waals surface area contributed by atoms with Gasteiger partial charge in [0, 0.05) is 6.61 Å². The van der Waals surface area contributed by atoms with Gasteiger partial charge in [0.2, 0.25) is 0 Å². The van der Waals surface area contributed by atoms with Crippen molar-refractivity contribution >= 4 is 21.5 Å². The second-order valence-electron chi connectivity index (χ2n) is 5.02. The molecule has 0 fully saturated rings. The Hall–Kier alpha value is -1.86. The van der Waals surface area contributed by atoms with Crippen molar-refractivity contribution in [1.82, 2.24) is 0 Å². The lowest BCUT2D eigenvalue weighted by atomic mass is 9.90. The third-order valence-electron chi connectivity index (χ3n) is 3.90.